The molecule has 2 aliphatic heterocycles. The predicted octanol–water partition coefficient (Wildman–Crippen LogP) is 8.02. The fourth-order valence-corrected chi connectivity index (χ4v) is 7.79. The lowest BCUT2D eigenvalue weighted by molar-refractivity contribution is -0.141. The molecule has 9 nitrogen and oxygen atoms in total. The molecule has 3 aromatic rings. The number of hydrogen-bond donors (Lipinski definition) is 3. The topological polar surface area (TPSA) is 138 Å². The number of hydrogen-bond acceptors (Lipinski definition) is 6. The van der Waals surface area contributed by atoms with Gasteiger partial charge in [0.05, 0.1) is 46.5 Å². The average Bonchev–Trinajstić information content (AvgIpc) is 3.83. The molecule has 254 valence electrons. The van der Waals surface area contributed by atoms with Crippen LogP contribution in [0.5, 0.6) is 0 Å². The number of nitrogens with zero attached hydrogens (tertiary/aromatic N) is 2. The first-order chi connectivity index (χ1) is 23.5. The number of unbranched alkanes of at least 4 members (excludes halogenated alkanes) is 1. The van der Waals surface area contributed by atoms with Gasteiger partial charge in [0.2, 0.25) is 0 Å². The second kappa shape index (κ2) is 13.5. The van der Waals surface area contributed by atoms with Gasteiger partial charge in [0.1, 0.15) is 0 Å². The van der Waals surface area contributed by atoms with Crippen molar-refractivity contribution in [3.8, 4) is 11.8 Å². The van der Waals surface area contributed by atoms with Gasteiger partial charge in [-0.25, -0.2) is 4.98 Å². The Kier molecular flexibility index (Phi) is 9.35. The molecule has 2 atom stereocenters. The maximum absolute atomic E-state index is 13.7. The summed E-state index contributed by atoms with van der Waals surface area (Å²) in [5.74, 6) is 5.30. The van der Waals surface area contributed by atoms with E-state index in [9.17, 15) is 19.5 Å². The summed E-state index contributed by atoms with van der Waals surface area (Å²) >= 11 is 0. The number of esters is 1. The van der Waals surface area contributed by atoms with E-state index in [1.165, 1.54) is 7.11 Å². The smallest absolute Gasteiger partial charge is 0.305 e. The Morgan fingerprint density at radius 3 is 2.41 bits per heavy atom. The zero-order chi connectivity index (χ0) is 35.1. The first kappa shape index (κ1) is 33.9. The van der Waals surface area contributed by atoms with E-state index >= 15 is 0 Å². The van der Waals surface area contributed by atoms with Crippen LogP contribution in [-0.2, 0) is 27.2 Å². The third-order valence-electron chi connectivity index (χ3n) is 10.5. The average molecular weight is 661 g/mol. The number of fused-ring (bicyclic) bond motifs is 8. The van der Waals surface area contributed by atoms with E-state index in [1.54, 1.807) is 0 Å². The molecule has 0 unspecified atom stereocenters. The molecule has 1 aliphatic carbocycles. The van der Waals surface area contributed by atoms with Crippen molar-refractivity contribution in [3.05, 3.63) is 68.3 Å². The van der Waals surface area contributed by atoms with Gasteiger partial charge in [-0.15, -0.1) is 0 Å². The second-order valence-electron chi connectivity index (χ2n) is 13.3. The molecule has 6 rings (SSSR count). The maximum atomic E-state index is 13.7. The van der Waals surface area contributed by atoms with E-state index < -0.39 is 5.97 Å². The van der Waals surface area contributed by atoms with Crippen LogP contribution in [0, 0.1) is 25.7 Å². The van der Waals surface area contributed by atoms with Crippen molar-refractivity contribution in [2.24, 2.45) is 0 Å². The molecule has 9 heteroatoms. The van der Waals surface area contributed by atoms with E-state index in [4.69, 9.17) is 14.7 Å². The molecular weight excluding hydrogens is 616 g/mol. The van der Waals surface area contributed by atoms with Crippen LogP contribution in [0.15, 0.2) is 12.1 Å². The van der Waals surface area contributed by atoms with Crippen LogP contribution >= 0.6 is 0 Å². The summed E-state index contributed by atoms with van der Waals surface area (Å²) in [6.07, 6.45) is 3.47. The molecule has 49 heavy (non-hydrogen) atoms. The van der Waals surface area contributed by atoms with Gasteiger partial charge in [0, 0.05) is 59.7 Å². The number of carbonyl (C=O) groups is 3. The highest BCUT2D eigenvalue weighted by atomic mass is 16.5. The van der Waals surface area contributed by atoms with Gasteiger partial charge in [-0.05, 0) is 86.4 Å². The number of H-pyrrole nitrogens is 2. The molecule has 0 saturated heterocycles. The maximum Gasteiger partial charge on any atom is 0.305 e. The number of aromatic amines is 2. The van der Waals surface area contributed by atoms with Crippen LogP contribution in [0.1, 0.15) is 139 Å². The zero-order valence-electron chi connectivity index (χ0n) is 29.4. The van der Waals surface area contributed by atoms with Crippen LogP contribution in [-0.4, -0.2) is 49.9 Å². The SMILES string of the molecule is CCC1=C(C)c2cc3[nH]c(c(C)c3CC)c(C#CCCCC(=O)O)c3nc(c4c5[nH]c(cc1n2)c(C)c5C(=O)C4)[C@@H](CCC(=O)OC)[C@@H]3C. The van der Waals surface area contributed by atoms with Gasteiger partial charge in [-0.3, -0.25) is 19.4 Å². The highest BCUT2D eigenvalue weighted by Crippen LogP contribution is 2.45. The second-order valence-corrected chi connectivity index (χ2v) is 13.3. The number of nitrogens with one attached hydrogen (secondary N) is 2. The minimum atomic E-state index is -0.845. The van der Waals surface area contributed by atoms with Crippen molar-refractivity contribution in [1.82, 2.24) is 19.9 Å². The summed E-state index contributed by atoms with van der Waals surface area (Å²) in [5.41, 5.74) is 14.6. The summed E-state index contributed by atoms with van der Waals surface area (Å²) in [7, 11) is 1.39. The third-order valence-corrected chi connectivity index (χ3v) is 10.5. The Morgan fingerprint density at radius 1 is 0.980 bits per heavy atom. The molecule has 3 aromatic heterocycles. The first-order valence-corrected chi connectivity index (χ1v) is 17.3. The predicted molar refractivity (Wildman–Crippen MR) is 191 cm³/mol. The molecule has 0 amide bonds. The summed E-state index contributed by atoms with van der Waals surface area (Å²) in [4.78, 5) is 55.1. The molecule has 3 aliphatic rings. The van der Waals surface area contributed by atoms with Gasteiger partial charge in [-0.2, -0.15) is 0 Å². The Hall–Kier alpha value is -4.97. The number of aromatic nitrogens is 4. The Labute approximate surface area is 286 Å². The number of rotatable bonds is 8. The normalized spacial score (nSPS) is 16.6. The Bertz CT molecular complexity index is 2170. The molecule has 0 saturated carbocycles. The number of Topliss-reactive ketones (excluding diaryl/α,β-unsaturated/α-hetero) is 1. The molecule has 3 N–H and O–H groups in total. The minimum Gasteiger partial charge on any atom is -0.481 e. The van der Waals surface area contributed by atoms with Crippen LogP contribution in [0.2, 0.25) is 0 Å². The third kappa shape index (κ3) is 5.98. The monoisotopic (exact) mass is 660 g/mol. The highest BCUT2D eigenvalue weighted by Gasteiger charge is 2.37. The van der Waals surface area contributed by atoms with Crippen molar-refractivity contribution >= 4 is 50.9 Å². The number of carbonyl (C=O) groups excluding carboxylic acids is 2. The van der Waals surface area contributed by atoms with Crippen molar-refractivity contribution in [3.63, 3.8) is 0 Å². The lowest BCUT2D eigenvalue weighted by atomic mass is 9.84. The molecule has 0 aromatic carbocycles. The number of allylic oxidation sites excluding steroid dienone is 2. The number of aryl methyl sites for hydroxylation is 3. The van der Waals surface area contributed by atoms with E-state index in [-0.39, 0.29) is 42.9 Å². The summed E-state index contributed by atoms with van der Waals surface area (Å²) in [5, 5.41) is 9.19. The molecular formula is C40H44N4O5. The van der Waals surface area contributed by atoms with Crippen molar-refractivity contribution in [2.45, 2.75) is 105 Å². The Morgan fingerprint density at radius 2 is 1.71 bits per heavy atom. The van der Waals surface area contributed by atoms with E-state index in [2.05, 4.69) is 68.6 Å². The Balaban J connectivity index is 1.76. The molecule has 8 bridgehead atoms. The van der Waals surface area contributed by atoms with E-state index in [0.29, 0.717) is 24.8 Å². The zero-order valence-corrected chi connectivity index (χ0v) is 29.4. The molecule has 0 radical (unpaired) electrons. The molecule has 5 heterocycles. The fourth-order valence-electron chi connectivity index (χ4n) is 7.79. The quantitative estimate of drug-likeness (QED) is 0.126. The van der Waals surface area contributed by atoms with Crippen molar-refractivity contribution in [2.75, 3.05) is 7.11 Å². The lowest BCUT2D eigenvalue weighted by Gasteiger charge is -2.17. The van der Waals surface area contributed by atoms with Gasteiger partial charge in [-0.1, -0.05) is 32.6 Å². The van der Waals surface area contributed by atoms with Gasteiger partial charge in [0.25, 0.3) is 0 Å². The number of methoxy groups -OCH3 is 1. The standard InChI is InChI=1S/C40H44N4O5/c1-8-24-20(3)29-18-32-25(9-2)21(4)37(43-32)27(13-11-10-12-14-34(46)47)38-22(5)26(15-16-35(48)49-7)39(44-38)28-17-33(45)36-23(6)30(42-40(28)36)19-31(24)41-29/h18-19,22,26,42-43H,8-10,12,14-17H2,1-7H3,(H,46,47)/t22-,26-/m0/s1. The largest absolute Gasteiger partial charge is 0.481 e. The number of ether oxygens (including phenoxy) is 1. The first-order valence-electron chi connectivity index (χ1n) is 17.3. The van der Waals surface area contributed by atoms with Crippen LogP contribution in [0.3, 0.4) is 0 Å². The van der Waals surface area contributed by atoms with Crippen LogP contribution in [0.4, 0.5) is 0 Å². The number of carboxylic acid groups (broad SMARTS) is 1. The number of aliphatic carboxylic acids is 1. The summed E-state index contributed by atoms with van der Waals surface area (Å²) in [6.45, 7) is 12.6. The van der Waals surface area contributed by atoms with Gasteiger partial charge < -0.3 is 19.8 Å². The van der Waals surface area contributed by atoms with Crippen molar-refractivity contribution in [1.29, 1.82) is 0 Å². The fraction of sp³-hybridized carbons (Fsp3) is 0.425. The van der Waals surface area contributed by atoms with Crippen molar-refractivity contribution < 1.29 is 24.2 Å². The van der Waals surface area contributed by atoms with Crippen LogP contribution in [0.25, 0.3) is 33.2 Å². The van der Waals surface area contributed by atoms with E-state index in [0.717, 1.165) is 96.6 Å². The molecule has 0 spiro atoms. The van der Waals surface area contributed by atoms with Crippen LogP contribution < -0.4 is 0 Å². The van der Waals surface area contributed by atoms with Gasteiger partial charge in [0.15, 0.2) is 5.78 Å². The van der Waals surface area contributed by atoms with Gasteiger partial charge >= 0.3 is 11.9 Å². The lowest BCUT2D eigenvalue weighted by Crippen LogP contribution is -2.09. The highest BCUT2D eigenvalue weighted by molar-refractivity contribution is 6.13. The summed E-state index contributed by atoms with van der Waals surface area (Å²) in [6, 6.07) is 4.19. The number of ketones is 1. The molecule has 0 fully saturated rings. The van der Waals surface area contributed by atoms with E-state index in [1.807, 2.05) is 6.92 Å². The minimum absolute atomic E-state index is 0.0475. The summed E-state index contributed by atoms with van der Waals surface area (Å²) < 4.78 is 5.02. The number of carboxylic acids is 1.